The van der Waals surface area contributed by atoms with Crippen LogP contribution in [-0.4, -0.2) is 12.9 Å². The van der Waals surface area contributed by atoms with Crippen LogP contribution in [0.5, 0.6) is 5.75 Å². The number of anilines is 1. The minimum atomic E-state index is -0.233. The van der Waals surface area contributed by atoms with E-state index in [1.807, 2.05) is 6.07 Å². The second-order valence-electron chi connectivity index (χ2n) is 4.10. The lowest BCUT2D eigenvalue weighted by molar-refractivity contribution is 0.103. The van der Waals surface area contributed by atoms with Crippen molar-refractivity contribution in [1.29, 1.82) is 5.26 Å². The first kappa shape index (κ1) is 14.1. The average molecular weight is 331 g/mol. The van der Waals surface area contributed by atoms with Gasteiger partial charge >= 0.3 is 0 Å². The molecule has 0 aliphatic carbocycles. The van der Waals surface area contributed by atoms with Gasteiger partial charge in [-0.05, 0) is 34.1 Å². The minimum absolute atomic E-state index is 0.233. The Morgan fingerprint density at radius 3 is 2.75 bits per heavy atom. The zero-order valence-corrected chi connectivity index (χ0v) is 12.3. The molecule has 100 valence electrons. The molecule has 0 unspecified atom stereocenters. The number of nitrogens with two attached hydrogens (primary N) is 1. The number of nitrogen functional groups attached to an aromatic ring is 1. The highest BCUT2D eigenvalue weighted by atomic mass is 79.9. The predicted molar refractivity (Wildman–Crippen MR) is 79.7 cm³/mol. The third kappa shape index (κ3) is 2.65. The van der Waals surface area contributed by atoms with Gasteiger partial charge in [0, 0.05) is 22.9 Å². The number of hydrogen-bond acceptors (Lipinski definition) is 4. The standard InChI is InChI=1S/C15H11BrN2O2/c1-20-14-7-13(18)11(6-12(14)16)15(19)10-4-2-3-9(5-10)8-17/h2-7H,18H2,1H3. The van der Waals surface area contributed by atoms with Crippen molar-refractivity contribution >= 4 is 27.4 Å². The highest BCUT2D eigenvalue weighted by molar-refractivity contribution is 9.10. The molecule has 0 saturated carbocycles. The molecule has 0 aromatic heterocycles. The Bertz CT molecular complexity index is 720. The van der Waals surface area contributed by atoms with E-state index >= 15 is 0 Å². The number of carbonyl (C=O) groups excluding carboxylic acids is 1. The SMILES string of the molecule is COc1cc(N)c(C(=O)c2cccc(C#N)c2)cc1Br. The van der Waals surface area contributed by atoms with Gasteiger partial charge in [-0.1, -0.05) is 12.1 Å². The van der Waals surface area contributed by atoms with Gasteiger partial charge in [0.2, 0.25) is 0 Å². The van der Waals surface area contributed by atoms with E-state index in [4.69, 9.17) is 15.7 Å². The lowest BCUT2D eigenvalue weighted by atomic mass is 10.00. The van der Waals surface area contributed by atoms with Crippen molar-refractivity contribution in [2.24, 2.45) is 0 Å². The number of hydrogen-bond donors (Lipinski definition) is 1. The molecule has 2 N–H and O–H groups in total. The zero-order chi connectivity index (χ0) is 14.7. The molecule has 0 atom stereocenters. The largest absolute Gasteiger partial charge is 0.495 e. The van der Waals surface area contributed by atoms with E-state index in [-0.39, 0.29) is 5.78 Å². The third-order valence-corrected chi connectivity index (χ3v) is 3.44. The van der Waals surface area contributed by atoms with Crippen molar-refractivity contribution in [1.82, 2.24) is 0 Å². The van der Waals surface area contributed by atoms with E-state index in [1.165, 1.54) is 7.11 Å². The second kappa shape index (κ2) is 5.76. The number of ketones is 1. The van der Waals surface area contributed by atoms with Crippen LogP contribution >= 0.6 is 15.9 Å². The van der Waals surface area contributed by atoms with Crippen LogP contribution in [-0.2, 0) is 0 Å². The summed E-state index contributed by atoms with van der Waals surface area (Å²) in [7, 11) is 1.53. The highest BCUT2D eigenvalue weighted by Crippen LogP contribution is 2.31. The maximum absolute atomic E-state index is 12.4. The molecule has 0 aliphatic rings. The number of rotatable bonds is 3. The molecule has 0 aliphatic heterocycles. The first-order valence-corrected chi connectivity index (χ1v) is 6.54. The van der Waals surface area contributed by atoms with Gasteiger partial charge in [0.05, 0.1) is 23.2 Å². The van der Waals surface area contributed by atoms with E-state index < -0.39 is 0 Å². The third-order valence-electron chi connectivity index (χ3n) is 2.82. The van der Waals surface area contributed by atoms with Crippen molar-refractivity contribution in [2.75, 3.05) is 12.8 Å². The molecular formula is C15H11BrN2O2. The molecule has 5 heteroatoms. The molecule has 2 aromatic rings. The molecular weight excluding hydrogens is 320 g/mol. The van der Waals surface area contributed by atoms with Gasteiger partial charge in [0.15, 0.2) is 5.78 Å². The maximum Gasteiger partial charge on any atom is 0.195 e. The number of benzene rings is 2. The Hall–Kier alpha value is -2.32. The summed E-state index contributed by atoms with van der Waals surface area (Å²) in [6, 6.07) is 11.7. The molecule has 4 nitrogen and oxygen atoms in total. The summed E-state index contributed by atoms with van der Waals surface area (Å²) in [5, 5.41) is 8.87. The van der Waals surface area contributed by atoms with Crippen LogP contribution in [0.4, 0.5) is 5.69 Å². The zero-order valence-electron chi connectivity index (χ0n) is 10.7. The minimum Gasteiger partial charge on any atom is -0.495 e. The number of nitriles is 1. The van der Waals surface area contributed by atoms with E-state index in [9.17, 15) is 4.79 Å². The Balaban J connectivity index is 2.48. The summed E-state index contributed by atoms with van der Waals surface area (Å²) in [4.78, 5) is 12.4. The lowest BCUT2D eigenvalue weighted by Crippen LogP contribution is -2.06. The first-order valence-electron chi connectivity index (χ1n) is 5.74. The Morgan fingerprint density at radius 1 is 1.35 bits per heavy atom. The molecule has 2 aromatic carbocycles. The summed E-state index contributed by atoms with van der Waals surface area (Å²) >= 11 is 3.33. The molecule has 0 fully saturated rings. The molecule has 0 saturated heterocycles. The lowest BCUT2D eigenvalue weighted by Gasteiger charge is -2.09. The molecule has 20 heavy (non-hydrogen) atoms. The van der Waals surface area contributed by atoms with Gasteiger partial charge in [-0.25, -0.2) is 0 Å². The molecule has 0 heterocycles. The number of nitrogens with zero attached hydrogens (tertiary/aromatic N) is 1. The fourth-order valence-corrected chi connectivity index (χ4v) is 2.31. The van der Waals surface area contributed by atoms with Crippen LogP contribution in [0.3, 0.4) is 0 Å². The molecule has 0 bridgehead atoms. The summed E-state index contributed by atoms with van der Waals surface area (Å²) < 4.78 is 5.77. The van der Waals surface area contributed by atoms with Gasteiger partial charge < -0.3 is 10.5 Å². The van der Waals surface area contributed by atoms with Crippen LogP contribution in [0.2, 0.25) is 0 Å². The van der Waals surface area contributed by atoms with Crippen LogP contribution in [0.25, 0.3) is 0 Å². The van der Waals surface area contributed by atoms with E-state index in [0.29, 0.717) is 32.6 Å². The monoisotopic (exact) mass is 330 g/mol. The maximum atomic E-state index is 12.4. The topological polar surface area (TPSA) is 76.1 Å². The van der Waals surface area contributed by atoms with Gasteiger partial charge in [0.25, 0.3) is 0 Å². The van der Waals surface area contributed by atoms with E-state index in [0.717, 1.165) is 0 Å². The van der Waals surface area contributed by atoms with Crippen molar-refractivity contribution in [3.05, 3.63) is 57.6 Å². The quantitative estimate of drug-likeness (QED) is 0.692. The van der Waals surface area contributed by atoms with E-state index in [2.05, 4.69) is 15.9 Å². The molecule has 2 rings (SSSR count). The summed E-state index contributed by atoms with van der Waals surface area (Å²) in [6.45, 7) is 0. The van der Waals surface area contributed by atoms with Crippen LogP contribution in [0.15, 0.2) is 40.9 Å². The smallest absolute Gasteiger partial charge is 0.195 e. The number of halogens is 1. The van der Waals surface area contributed by atoms with Gasteiger partial charge in [-0.2, -0.15) is 5.26 Å². The normalized spacial score (nSPS) is 9.85. The van der Waals surface area contributed by atoms with Crippen LogP contribution in [0.1, 0.15) is 21.5 Å². The Labute approximate surface area is 124 Å². The fourth-order valence-electron chi connectivity index (χ4n) is 1.81. The number of carbonyl (C=O) groups is 1. The first-order chi connectivity index (χ1) is 9.56. The molecule has 0 radical (unpaired) electrons. The Morgan fingerprint density at radius 2 is 2.10 bits per heavy atom. The summed E-state index contributed by atoms with van der Waals surface area (Å²) in [6.07, 6.45) is 0. The van der Waals surface area contributed by atoms with Crippen LogP contribution in [0, 0.1) is 11.3 Å². The molecule has 0 amide bonds. The van der Waals surface area contributed by atoms with Crippen molar-refractivity contribution < 1.29 is 9.53 Å². The predicted octanol–water partition coefficient (Wildman–Crippen LogP) is 3.14. The van der Waals surface area contributed by atoms with Gasteiger partial charge in [0.1, 0.15) is 5.75 Å². The number of methoxy groups -OCH3 is 1. The van der Waals surface area contributed by atoms with Crippen molar-refractivity contribution in [3.63, 3.8) is 0 Å². The fraction of sp³-hybridized carbons (Fsp3) is 0.0667. The number of ether oxygens (including phenoxy) is 1. The van der Waals surface area contributed by atoms with E-state index in [1.54, 1.807) is 36.4 Å². The summed E-state index contributed by atoms with van der Waals surface area (Å²) in [5.41, 5.74) is 7.44. The summed E-state index contributed by atoms with van der Waals surface area (Å²) in [5.74, 6) is 0.327. The van der Waals surface area contributed by atoms with Crippen LogP contribution < -0.4 is 10.5 Å². The van der Waals surface area contributed by atoms with Crippen molar-refractivity contribution in [3.8, 4) is 11.8 Å². The van der Waals surface area contributed by atoms with Crippen molar-refractivity contribution in [2.45, 2.75) is 0 Å². The average Bonchev–Trinajstić information content (AvgIpc) is 2.48. The molecule has 0 spiro atoms. The highest BCUT2D eigenvalue weighted by Gasteiger charge is 2.15. The van der Waals surface area contributed by atoms with Gasteiger partial charge in [-0.3, -0.25) is 4.79 Å². The Kier molecular flexibility index (Phi) is 4.06. The second-order valence-corrected chi connectivity index (χ2v) is 4.95. The van der Waals surface area contributed by atoms with Gasteiger partial charge in [-0.15, -0.1) is 0 Å².